The van der Waals surface area contributed by atoms with Crippen LogP contribution in [-0.2, 0) is 19.1 Å². The molecule has 0 spiro atoms. The Labute approximate surface area is 127 Å². The molecule has 1 fully saturated rings. The maximum Gasteiger partial charge on any atom is 0.309 e. The maximum absolute atomic E-state index is 11.6. The minimum atomic E-state index is -0.336. The summed E-state index contributed by atoms with van der Waals surface area (Å²) in [4.78, 5) is 22.8. The van der Waals surface area contributed by atoms with Gasteiger partial charge in [0.25, 0.3) is 0 Å². The number of ether oxygens (including phenoxy) is 2. The molecule has 1 rings (SSSR count). The van der Waals surface area contributed by atoms with Gasteiger partial charge in [0.2, 0.25) is 0 Å². The van der Waals surface area contributed by atoms with Gasteiger partial charge < -0.3 is 9.47 Å². The maximum atomic E-state index is 11.6. The normalized spacial score (nSPS) is 21.1. The number of allylic oxidation sites excluding steroid dienone is 1. The van der Waals surface area contributed by atoms with Crippen molar-refractivity contribution in [1.29, 1.82) is 0 Å². The minimum Gasteiger partial charge on any atom is -0.469 e. The number of carbonyl (C=O) groups excluding carboxylic acids is 2. The fourth-order valence-corrected chi connectivity index (χ4v) is 2.72. The Hall–Kier alpha value is -1.32. The number of hydrogen-bond acceptors (Lipinski definition) is 4. The highest BCUT2D eigenvalue weighted by Gasteiger charge is 2.35. The van der Waals surface area contributed by atoms with Crippen molar-refractivity contribution in [2.45, 2.75) is 70.3 Å². The number of cyclic esters (lactones) is 1. The molecule has 4 nitrogen and oxygen atoms in total. The highest BCUT2D eigenvalue weighted by atomic mass is 16.6. The topological polar surface area (TPSA) is 52.6 Å². The molecule has 0 amide bonds. The van der Waals surface area contributed by atoms with Crippen LogP contribution in [0.2, 0.25) is 0 Å². The second-order valence-electron chi connectivity index (χ2n) is 5.76. The lowest BCUT2D eigenvalue weighted by Gasteiger charge is -2.08. The van der Waals surface area contributed by atoms with Gasteiger partial charge in [-0.15, -0.1) is 6.58 Å². The van der Waals surface area contributed by atoms with E-state index in [0.29, 0.717) is 6.42 Å². The van der Waals surface area contributed by atoms with Gasteiger partial charge in [-0.2, -0.15) is 0 Å². The van der Waals surface area contributed by atoms with E-state index in [9.17, 15) is 9.59 Å². The quantitative estimate of drug-likeness (QED) is 0.331. The van der Waals surface area contributed by atoms with Gasteiger partial charge in [0, 0.05) is 0 Å². The van der Waals surface area contributed by atoms with Crippen LogP contribution in [0.25, 0.3) is 0 Å². The summed E-state index contributed by atoms with van der Waals surface area (Å²) < 4.78 is 9.92. The zero-order valence-corrected chi connectivity index (χ0v) is 13.1. The van der Waals surface area contributed by atoms with E-state index in [1.54, 1.807) is 0 Å². The van der Waals surface area contributed by atoms with E-state index in [1.807, 2.05) is 6.08 Å². The summed E-state index contributed by atoms with van der Waals surface area (Å²) in [7, 11) is 1.34. The lowest BCUT2D eigenvalue weighted by Crippen LogP contribution is -2.14. The predicted octanol–water partition coefficient (Wildman–Crippen LogP) is 3.79. The standard InChI is InChI=1S/C17H28O4/c1-3-4-5-6-7-8-9-10-11-15-12-14(17(19)21-15)13-16(18)20-2/h3,14-15H,1,4-13H2,2H3/t14-,15+/m1/s1. The molecule has 0 radical (unpaired) electrons. The molecule has 0 unspecified atom stereocenters. The van der Waals surface area contributed by atoms with Crippen LogP contribution in [0.15, 0.2) is 12.7 Å². The van der Waals surface area contributed by atoms with Crippen molar-refractivity contribution in [2.75, 3.05) is 7.11 Å². The fourth-order valence-electron chi connectivity index (χ4n) is 2.72. The number of methoxy groups -OCH3 is 1. The minimum absolute atomic E-state index is 0.00655. The fraction of sp³-hybridized carbons (Fsp3) is 0.765. The Bertz CT molecular complexity index is 338. The molecular weight excluding hydrogens is 268 g/mol. The summed E-state index contributed by atoms with van der Waals surface area (Å²) in [5.41, 5.74) is 0. The van der Waals surface area contributed by atoms with E-state index < -0.39 is 0 Å². The molecule has 0 saturated carbocycles. The number of carbonyl (C=O) groups is 2. The van der Waals surface area contributed by atoms with E-state index in [1.165, 1.54) is 39.2 Å². The number of unbranched alkanes of at least 4 members (excludes halogenated alkanes) is 6. The molecule has 0 aromatic heterocycles. The Morgan fingerprint density at radius 3 is 2.62 bits per heavy atom. The molecule has 120 valence electrons. The summed E-state index contributed by atoms with van der Waals surface area (Å²) in [5, 5.41) is 0. The first kappa shape index (κ1) is 17.7. The lowest BCUT2D eigenvalue weighted by molar-refractivity contribution is -0.149. The van der Waals surface area contributed by atoms with Crippen LogP contribution in [0, 0.1) is 5.92 Å². The molecule has 4 heteroatoms. The SMILES string of the molecule is C=CCCCCCCCC[C@H]1C[C@H](CC(=O)OC)C(=O)O1. The molecule has 0 aliphatic carbocycles. The van der Waals surface area contributed by atoms with Gasteiger partial charge in [0.1, 0.15) is 6.10 Å². The highest BCUT2D eigenvalue weighted by Crippen LogP contribution is 2.27. The van der Waals surface area contributed by atoms with Gasteiger partial charge in [-0.1, -0.05) is 31.8 Å². The van der Waals surface area contributed by atoms with Gasteiger partial charge in [-0.3, -0.25) is 9.59 Å². The van der Waals surface area contributed by atoms with E-state index in [2.05, 4.69) is 11.3 Å². The molecule has 1 heterocycles. The van der Waals surface area contributed by atoms with Crippen molar-refractivity contribution in [3.8, 4) is 0 Å². The Kier molecular flexibility index (Phi) is 8.79. The first-order valence-corrected chi connectivity index (χ1v) is 8.05. The van der Waals surface area contributed by atoms with Gasteiger partial charge in [0.15, 0.2) is 0 Å². The average Bonchev–Trinajstić information content (AvgIpc) is 2.82. The third-order valence-corrected chi connectivity index (χ3v) is 3.99. The number of esters is 2. The third-order valence-electron chi connectivity index (χ3n) is 3.99. The first-order chi connectivity index (χ1) is 10.2. The van der Waals surface area contributed by atoms with Crippen molar-refractivity contribution >= 4 is 11.9 Å². The first-order valence-electron chi connectivity index (χ1n) is 8.05. The summed E-state index contributed by atoms with van der Waals surface area (Å²) in [6.07, 6.45) is 12.1. The lowest BCUT2D eigenvalue weighted by atomic mass is 9.98. The monoisotopic (exact) mass is 296 g/mol. The molecule has 0 aromatic carbocycles. The molecule has 1 aliphatic heterocycles. The number of rotatable bonds is 11. The smallest absolute Gasteiger partial charge is 0.309 e. The zero-order chi connectivity index (χ0) is 15.5. The second-order valence-corrected chi connectivity index (χ2v) is 5.76. The molecule has 0 aromatic rings. The third kappa shape index (κ3) is 7.30. The van der Waals surface area contributed by atoms with Gasteiger partial charge in [-0.25, -0.2) is 0 Å². The predicted molar refractivity (Wildman–Crippen MR) is 81.8 cm³/mol. The summed E-state index contributed by atoms with van der Waals surface area (Å²) in [6.45, 7) is 3.72. The van der Waals surface area contributed by atoms with Crippen LogP contribution in [0.4, 0.5) is 0 Å². The summed E-state index contributed by atoms with van der Waals surface area (Å²) in [6, 6.07) is 0. The zero-order valence-electron chi connectivity index (χ0n) is 13.1. The van der Waals surface area contributed by atoms with E-state index in [0.717, 1.165) is 19.3 Å². The van der Waals surface area contributed by atoms with Crippen LogP contribution in [0.5, 0.6) is 0 Å². The van der Waals surface area contributed by atoms with Crippen LogP contribution in [0.1, 0.15) is 64.2 Å². The summed E-state index contributed by atoms with van der Waals surface area (Å²) in [5.74, 6) is -0.881. The molecule has 0 bridgehead atoms. The molecular formula is C17H28O4. The van der Waals surface area contributed by atoms with Crippen LogP contribution < -0.4 is 0 Å². The van der Waals surface area contributed by atoms with Crippen LogP contribution >= 0.6 is 0 Å². The van der Waals surface area contributed by atoms with Crippen LogP contribution in [-0.4, -0.2) is 25.2 Å². The van der Waals surface area contributed by atoms with Gasteiger partial charge in [0.05, 0.1) is 19.4 Å². The van der Waals surface area contributed by atoms with Crippen molar-refractivity contribution in [3.05, 3.63) is 12.7 Å². The van der Waals surface area contributed by atoms with E-state index in [-0.39, 0.29) is 30.4 Å². The van der Waals surface area contributed by atoms with Crippen LogP contribution in [0.3, 0.4) is 0 Å². The molecule has 1 aliphatic rings. The van der Waals surface area contributed by atoms with Gasteiger partial charge in [-0.05, 0) is 32.1 Å². The highest BCUT2D eigenvalue weighted by molar-refractivity contribution is 5.81. The second kappa shape index (κ2) is 10.4. The Morgan fingerprint density at radius 1 is 1.29 bits per heavy atom. The molecule has 2 atom stereocenters. The Balaban J connectivity index is 2.05. The average molecular weight is 296 g/mol. The van der Waals surface area contributed by atoms with Crippen molar-refractivity contribution in [2.24, 2.45) is 5.92 Å². The van der Waals surface area contributed by atoms with Crippen molar-refractivity contribution in [3.63, 3.8) is 0 Å². The van der Waals surface area contributed by atoms with E-state index >= 15 is 0 Å². The molecule has 1 saturated heterocycles. The van der Waals surface area contributed by atoms with Gasteiger partial charge >= 0.3 is 11.9 Å². The number of hydrogen-bond donors (Lipinski definition) is 0. The van der Waals surface area contributed by atoms with Crippen molar-refractivity contribution < 1.29 is 19.1 Å². The summed E-state index contributed by atoms with van der Waals surface area (Å²) >= 11 is 0. The largest absolute Gasteiger partial charge is 0.469 e. The molecule has 21 heavy (non-hydrogen) atoms. The van der Waals surface area contributed by atoms with E-state index in [4.69, 9.17) is 4.74 Å². The Morgan fingerprint density at radius 2 is 1.95 bits per heavy atom. The van der Waals surface area contributed by atoms with Crippen molar-refractivity contribution in [1.82, 2.24) is 0 Å². The molecule has 0 N–H and O–H groups in total.